The minimum atomic E-state index is -0.369. The molecule has 16 heavy (non-hydrogen) atoms. The van der Waals surface area contributed by atoms with Crippen molar-refractivity contribution in [2.45, 2.75) is 37.8 Å². The zero-order chi connectivity index (χ0) is 11.4. The number of aliphatic hydroxyl groups excluding tert-OH is 1. The molecule has 0 saturated carbocycles. The summed E-state index contributed by atoms with van der Waals surface area (Å²) < 4.78 is 0.998. The Morgan fingerprint density at radius 2 is 2.19 bits per heavy atom. The molecule has 1 aromatic carbocycles. The van der Waals surface area contributed by atoms with Crippen LogP contribution in [-0.4, -0.2) is 17.7 Å². The van der Waals surface area contributed by atoms with Gasteiger partial charge in [-0.2, -0.15) is 0 Å². The van der Waals surface area contributed by atoms with E-state index < -0.39 is 0 Å². The maximum Gasteiger partial charge on any atom is 0.0815 e. The molecule has 3 heteroatoms. The monoisotopic (exact) mass is 283 g/mol. The number of hydrogen-bond acceptors (Lipinski definition) is 2. The number of benzene rings is 1. The van der Waals surface area contributed by atoms with Crippen LogP contribution in [0.1, 0.15) is 37.4 Å². The number of aliphatic hydroxyl groups is 1. The molecule has 0 radical (unpaired) electrons. The number of nitrogens with one attached hydrogen (secondary N) is 1. The maximum atomic E-state index is 10.2. The minimum Gasteiger partial charge on any atom is -0.388 e. The topological polar surface area (TPSA) is 32.3 Å². The van der Waals surface area contributed by atoms with Crippen molar-refractivity contribution in [2.24, 2.45) is 0 Å². The molecule has 0 unspecified atom stereocenters. The van der Waals surface area contributed by atoms with E-state index in [2.05, 4.69) is 21.2 Å². The van der Waals surface area contributed by atoms with Crippen molar-refractivity contribution in [1.29, 1.82) is 0 Å². The third-order valence-electron chi connectivity index (χ3n) is 3.18. The highest BCUT2D eigenvalue weighted by atomic mass is 79.9. The highest BCUT2D eigenvalue weighted by molar-refractivity contribution is 9.10. The molecule has 0 bridgehead atoms. The zero-order valence-electron chi connectivity index (χ0n) is 9.32. The molecule has 1 saturated heterocycles. The molecule has 2 nitrogen and oxygen atoms in total. The van der Waals surface area contributed by atoms with Crippen molar-refractivity contribution in [2.75, 3.05) is 6.54 Å². The number of piperidine rings is 1. The van der Waals surface area contributed by atoms with E-state index in [0.29, 0.717) is 6.04 Å². The van der Waals surface area contributed by atoms with Gasteiger partial charge in [-0.15, -0.1) is 0 Å². The lowest BCUT2D eigenvalue weighted by Crippen LogP contribution is -2.35. The Bertz CT molecular complexity index is 336. The van der Waals surface area contributed by atoms with Gasteiger partial charge in [-0.3, -0.25) is 0 Å². The predicted molar refractivity (Wildman–Crippen MR) is 69.4 cm³/mol. The standard InChI is InChI=1S/C13H18BrNO/c14-12-7-2-1-6-11(12)13(16)9-10-5-3-4-8-15-10/h1-2,6-7,10,13,15-16H,3-5,8-9H2/t10-,13-/m1/s1. The van der Waals surface area contributed by atoms with E-state index in [0.717, 1.165) is 23.0 Å². The largest absolute Gasteiger partial charge is 0.388 e. The zero-order valence-corrected chi connectivity index (χ0v) is 10.9. The molecular formula is C13H18BrNO. The molecule has 1 heterocycles. The summed E-state index contributed by atoms with van der Waals surface area (Å²) >= 11 is 3.48. The molecule has 2 atom stereocenters. The van der Waals surface area contributed by atoms with Gasteiger partial charge in [0.15, 0.2) is 0 Å². The van der Waals surface area contributed by atoms with Gasteiger partial charge in [-0.25, -0.2) is 0 Å². The SMILES string of the molecule is O[C@H](C[C@H]1CCCCN1)c1ccccc1Br. The fraction of sp³-hybridized carbons (Fsp3) is 0.538. The fourth-order valence-electron chi connectivity index (χ4n) is 2.27. The van der Waals surface area contributed by atoms with Crippen LogP contribution in [-0.2, 0) is 0 Å². The van der Waals surface area contributed by atoms with Crippen molar-refractivity contribution >= 4 is 15.9 Å². The second-order valence-corrected chi connectivity index (χ2v) is 5.27. The second-order valence-electron chi connectivity index (χ2n) is 4.42. The van der Waals surface area contributed by atoms with E-state index in [1.807, 2.05) is 24.3 Å². The third-order valence-corrected chi connectivity index (χ3v) is 3.91. The first-order valence-electron chi connectivity index (χ1n) is 5.93. The Balaban J connectivity index is 1.96. The molecule has 1 aromatic rings. The maximum absolute atomic E-state index is 10.2. The molecule has 1 fully saturated rings. The van der Waals surface area contributed by atoms with Gasteiger partial charge >= 0.3 is 0 Å². The molecule has 1 aliphatic heterocycles. The average Bonchev–Trinajstić information content (AvgIpc) is 2.31. The quantitative estimate of drug-likeness (QED) is 0.894. The van der Waals surface area contributed by atoms with Crippen LogP contribution in [0.2, 0.25) is 0 Å². The van der Waals surface area contributed by atoms with Gasteiger partial charge in [0.05, 0.1) is 6.10 Å². The van der Waals surface area contributed by atoms with Crippen LogP contribution < -0.4 is 5.32 Å². The van der Waals surface area contributed by atoms with Crippen molar-refractivity contribution in [3.8, 4) is 0 Å². The van der Waals surface area contributed by atoms with E-state index in [-0.39, 0.29) is 6.10 Å². The summed E-state index contributed by atoms with van der Waals surface area (Å²) in [5.74, 6) is 0. The van der Waals surface area contributed by atoms with Gasteiger partial charge in [-0.1, -0.05) is 40.5 Å². The van der Waals surface area contributed by atoms with E-state index in [1.165, 1.54) is 19.3 Å². The molecule has 0 aromatic heterocycles. The molecule has 2 rings (SSSR count). The molecular weight excluding hydrogens is 266 g/mol. The number of hydrogen-bond donors (Lipinski definition) is 2. The highest BCUT2D eigenvalue weighted by Crippen LogP contribution is 2.27. The molecule has 0 amide bonds. The summed E-state index contributed by atoms with van der Waals surface area (Å²) in [5.41, 5.74) is 0.995. The Kier molecular flexibility index (Phi) is 4.38. The van der Waals surface area contributed by atoms with E-state index in [9.17, 15) is 5.11 Å². The van der Waals surface area contributed by atoms with Crippen LogP contribution >= 0.6 is 15.9 Å². The number of rotatable bonds is 3. The van der Waals surface area contributed by atoms with Crippen LogP contribution in [0, 0.1) is 0 Å². The average molecular weight is 284 g/mol. The van der Waals surface area contributed by atoms with Gasteiger partial charge in [0, 0.05) is 10.5 Å². The molecule has 88 valence electrons. The van der Waals surface area contributed by atoms with Gasteiger partial charge < -0.3 is 10.4 Å². The summed E-state index contributed by atoms with van der Waals surface area (Å²) in [6, 6.07) is 8.37. The van der Waals surface area contributed by atoms with Gasteiger partial charge in [0.25, 0.3) is 0 Å². The lowest BCUT2D eigenvalue weighted by atomic mass is 9.96. The van der Waals surface area contributed by atoms with E-state index in [4.69, 9.17) is 0 Å². The molecule has 2 N–H and O–H groups in total. The van der Waals surface area contributed by atoms with Crippen molar-refractivity contribution in [1.82, 2.24) is 5.32 Å². The summed E-state index contributed by atoms with van der Waals surface area (Å²) in [4.78, 5) is 0. The summed E-state index contributed by atoms with van der Waals surface area (Å²) in [7, 11) is 0. The Labute approximate surface area is 105 Å². The first-order chi connectivity index (χ1) is 7.77. The van der Waals surface area contributed by atoms with Crippen molar-refractivity contribution in [3.63, 3.8) is 0 Å². The Morgan fingerprint density at radius 1 is 1.38 bits per heavy atom. The third kappa shape index (κ3) is 3.06. The highest BCUT2D eigenvalue weighted by Gasteiger charge is 2.19. The molecule has 1 aliphatic rings. The van der Waals surface area contributed by atoms with Gasteiger partial charge in [0.2, 0.25) is 0 Å². The summed E-state index contributed by atoms with van der Waals surface area (Å²) in [6.07, 6.45) is 4.16. The van der Waals surface area contributed by atoms with Crippen LogP contribution in [0.5, 0.6) is 0 Å². The predicted octanol–water partition coefficient (Wildman–Crippen LogP) is 3.01. The summed E-state index contributed by atoms with van der Waals surface area (Å²) in [6.45, 7) is 1.09. The van der Waals surface area contributed by atoms with Crippen LogP contribution in [0.15, 0.2) is 28.7 Å². The Hall–Kier alpha value is -0.380. The molecule has 0 aliphatic carbocycles. The fourth-order valence-corrected chi connectivity index (χ4v) is 2.82. The van der Waals surface area contributed by atoms with E-state index >= 15 is 0 Å². The first-order valence-corrected chi connectivity index (χ1v) is 6.72. The smallest absolute Gasteiger partial charge is 0.0815 e. The van der Waals surface area contributed by atoms with Crippen LogP contribution in [0.3, 0.4) is 0 Å². The van der Waals surface area contributed by atoms with Crippen molar-refractivity contribution < 1.29 is 5.11 Å². The minimum absolute atomic E-state index is 0.369. The van der Waals surface area contributed by atoms with Gasteiger partial charge in [-0.05, 0) is 37.4 Å². The lowest BCUT2D eigenvalue weighted by Gasteiger charge is -2.26. The lowest BCUT2D eigenvalue weighted by molar-refractivity contribution is 0.144. The van der Waals surface area contributed by atoms with Gasteiger partial charge in [0.1, 0.15) is 0 Å². The second kappa shape index (κ2) is 5.80. The first kappa shape index (κ1) is 12.1. The van der Waals surface area contributed by atoms with Crippen LogP contribution in [0.25, 0.3) is 0 Å². The Morgan fingerprint density at radius 3 is 2.88 bits per heavy atom. The normalized spacial score (nSPS) is 23.0. The van der Waals surface area contributed by atoms with E-state index in [1.54, 1.807) is 0 Å². The summed E-state index contributed by atoms with van der Waals surface area (Å²) in [5, 5.41) is 13.6. The van der Waals surface area contributed by atoms with Crippen molar-refractivity contribution in [3.05, 3.63) is 34.3 Å². The number of halogens is 1. The van der Waals surface area contributed by atoms with Crippen LogP contribution in [0.4, 0.5) is 0 Å². The molecule has 0 spiro atoms.